The van der Waals surface area contributed by atoms with Gasteiger partial charge in [0.15, 0.2) is 0 Å². The minimum Gasteiger partial charge on any atom is -0.457 e. The fourth-order valence-corrected chi connectivity index (χ4v) is 4.65. The SMILES string of the molecule is C=CC(=O)N1CCC[C@@H](Cn2cc(-c3ccc(Oc4ccccc4)cc3)c3c(N)ncnc32)C1. The van der Waals surface area contributed by atoms with E-state index in [-0.39, 0.29) is 5.91 Å². The molecule has 1 aliphatic rings. The van der Waals surface area contributed by atoms with E-state index in [9.17, 15) is 4.79 Å². The first-order valence-electron chi connectivity index (χ1n) is 11.5. The highest BCUT2D eigenvalue weighted by Gasteiger charge is 2.24. The zero-order valence-electron chi connectivity index (χ0n) is 18.9. The maximum atomic E-state index is 12.1. The number of nitrogens with zero attached hydrogens (tertiary/aromatic N) is 4. The second-order valence-electron chi connectivity index (χ2n) is 8.59. The third kappa shape index (κ3) is 4.37. The van der Waals surface area contributed by atoms with E-state index < -0.39 is 0 Å². The summed E-state index contributed by atoms with van der Waals surface area (Å²) in [6.07, 6.45) is 7.03. The van der Waals surface area contributed by atoms with Crippen LogP contribution in [0.2, 0.25) is 0 Å². The summed E-state index contributed by atoms with van der Waals surface area (Å²) in [4.78, 5) is 22.8. The van der Waals surface area contributed by atoms with Crippen LogP contribution in [0.5, 0.6) is 11.5 Å². The van der Waals surface area contributed by atoms with Crippen LogP contribution in [0.4, 0.5) is 5.82 Å². The van der Waals surface area contributed by atoms with Gasteiger partial charge >= 0.3 is 0 Å². The molecule has 0 spiro atoms. The van der Waals surface area contributed by atoms with Crippen molar-refractivity contribution in [1.82, 2.24) is 19.4 Å². The number of ether oxygens (including phenoxy) is 1. The third-order valence-corrected chi connectivity index (χ3v) is 6.29. The lowest BCUT2D eigenvalue weighted by molar-refractivity contribution is -0.127. The Kier molecular flexibility index (Phi) is 5.99. The molecular weight excluding hydrogens is 426 g/mol. The number of carbonyl (C=O) groups is 1. The second kappa shape index (κ2) is 9.39. The van der Waals surface area contributed by atoms with Crippen LogP contribution in [-0.4, -0.2) is 38.4 Å². The highest BCUT2D eigenvalue weighted by atomic mass is 16.5. The number of nitrogens with two attached hydrogens (primary N) is 1. The van der Waals surface area contributed by atoms with Crippen molar-refractivity contribution in [3.8, 4) is 22.6 Å². The number of para-hydroxylation sites is 1. The largest absolute Gasteiger partial charge is 0.457 e. The zero-order valence-corrected chi connectivity index (χ0v) is 18.9. The van der Waals surface area contributed by atoms with Crippen molar-refractivity contribution in [3.63, 3.8) is 0 Å². The fraction of sp³-hybridized carbons (Fsp3) is 0.222. The van der Waals surface area contributed by atoms with Crippen molar-refractivity contribution in [3.05, 3.63) is 79.8 Å². The number of fused-ring (bicyclic) bond motifs is 1. The van der Waals surface area contributed by atoms with Crippen LogP contribution in [-0.2, 0) is 11.3 Å². The lowest BCUT2D eigenvalue weighted by atomic mass is 9.98. The Balaban J connectivity index is 1.43. The van der Waals surface area contributed by atoms with E-state index in [0.717, 1.165) is 59.6 Å². The number of amides is 1. The third-order valence-electron chi connectivity index (χ3n) is 6.29. The molecular formula is C27H27N5O2. The van der Waals surface area contributed by atoms with E-state index in [0.29, 0.717) is 18.3 Å². The number of nitrogen functional groups attached to an aromatic ring is 1. The van der Waals surface area contributed by atoms with Gasteiger partial charge in [-0.05, 0) is 54.7 Å². The fourth-order valence-electron chi connectivity index (χ4n) is 4.65. The Labute approximate surface area is 198 Å². The van der Waals surface area contributed by atoms with Crippen LogP contribution in [0.1, 0.15) is 12.8 Å². The normalized spacial score (nSPS) is 15.9. The molecule has 1 atom stereocenters. The number of anilines is 1. The predicted molar refractivity (Wildman–Crippen MR) is 133 cm³/mol. The summed E-state index contributed by atoms with van der Waals surface area (Å²) in [5, 5.41) is 0.842. The molecule has 1 fully saturated rings. The number of carbonyl (C=O) groups excluding carboxylic acids is 1. The van der Waals surface area contributed by atoms with Gasteiger partial charge in [-0.1, -0.05) is 36.9 Å². The number of rotatable bonds is 6. The molecule has 7 heteroatoms. The molecule has 3 heterocycles. The number of hydrogen-bond acceptors (Lipinski definition) is 5. The summed E-state index contributed by atoms with van der Waals surface area (Å²) in [6.45, 7) is 5.88. The van der Waals surface area contributed by atoms with Crippen molar-refractivity contribution in [1.29, 1.82) is 0 Å². The second-order valence-corrected chi connectivity index (χ2v) is 8.59. The highest BCUT2D eigenvalue weighted by molar-refractivity contribution is 6.00. The van der Waals surface area contributed by atoms with Crippen molar-refractivity contribution in [2.45, 2.75) is 19.4 Å². The Morgan fingerprint density at radius 2 is 1.88 bits per heavy atom. The summed E-state index contributed by atoms with van der Waals surface area (Å²) >= 11 is 0. The van der Waals surface area contributed by atoms with Crippen LogP contribution < -0.4 is 10.5 Å². The lowest BCUT2D eigenvalue weighted by Crippen LogP contribution is -2.40. The minimum atomic E-state index is -0.00728. The van der Waals surface area contributed by atoms with E-state index >= 15 is 0 Å². The smallest absolute Gasteiger partial charge is 0.245 e. The Bertz CT molecular complexity index is 1310. The van der Waals surface area contributed by atoms with E-state index in [1.807, 2.05) is 59.5 Å². The van der Waals surface area contributed by atoms with E-state index in [2.05, 4.69) is 27.3 Å². The average Bonchev–Trinajstić information content (AvgIpc) is 3.24. The molecule has 172 valence electrons. The Hall–Kier alpha value is -4.13. The van der Waals surface area contributed by atoms with E-state index in [4.69, 9.17) is 10.5 Å². The van der Waals surface area contributed by atoms with Gasteiger partial charge in [0.2, 0.25) is 5.91 Å². The molecule has 2 aromatic carbocycles. The van der Waals surface area contributed by atoms with Crippen LogP contribution in [0, 0.1) is 5.92 Å². The summed E-state index contributed by atoms with van der Waals surface area (Å²) in [7, 11) is 0. The molecule has 0 radical (unpaired) electrons. The van der Waals surface area contributed by atoms with Gasteiger partial charge in [0.25, 0.3) is 0 Å². The topological polar surface area (TPSA) is 86.3 Å². The molecule has 0 bridgehead atoms. The molecule has 2 N–H and O–H groups in total. The highest BCUT2D eigenvalue weighted by Crippen LogP contribution is 2.35. The van der Waals surface area contributed by atoms with Gasteiger partial charge in [-0.25, -0.2) is 9.97 Å². The first kappa shape index (κ1) is 21.7. The Morgan fingerprint density at radius 1 is 1.12 bits per heavy atom. The molecule has 34 heavy (non-hydrogen) atoms. The van der Waals surface area contributed by atoms with Gasteiger partial charge in [0.05, 0.1) is 5.39 Å². The number of piperidine rings is 1. The van der Waals surface area contributed by atoms with E-state index in [1.54, 1.807) is 0 Å². The first-order valence-corrected chi connectivity index (χ1v) is 11.5. The van der Waals surface area contributed by atoms with Crippen LogP contribution in [0.15, 0.2) is 79.8 Å². The molecule has 5 rings (SSSR count). The van der Waals surface area contributed by atoms with Crippen LogP contribution >= 0.6 is 0 Å². The Morgan fingerprint density at radius 3 is 2.65 bits per heavy atom. The molecule has 0 unspecified atom stereocenters. The molecule has 0 saturated carbocycles. The van der Waals surface area contributed by atoms with Gasteiger partial charge in [-0.2, -0.15) is 0 Å². The lowest BCUT2D eigenvalue weighted by Gasteiger charge is -2.32. The number of benzene rings is 2. The van der Waals surface area contributed by atoms with E-state index in [1.165, 1.54) is 12.4 Å². The predicted octanol–water partition coefficient (Wildman–Crippen LogP) is 4.90. The van der Waals surface area contributed by atoms with Crippen LogP contribution in [0.3, 0.4) is 0 Å². The van der Waals surface area contributed by atoms with Crippen molar-refractivity contribution in [2.24, 2.45) is 5.92 Å². The average molecular weight is 454 g/mol. The number of hydrogen-bond donors (Lipinski definition) is 1. The monoisotopic (exact) mass is 453 g/mol. The minimum absolute atomic E-state index is 0.00728. The van der Waals surface area contributed by atoms with Crippen molar-refractivity contribution < 1.29 is 9.53 Å². The maximum Gasteiger partial charge on any atom is 0.245 e. The molecule has 0 aliphatic carbocycles. The van der Waals surface area contributed by atoms with Crippen molar-refractivity contribution in [2.75, 3.05) is 18.8 Å². The van der Waals surface area contributed by atoms with Gasteiger partial charge in [-0.3, -0.25) is 4.79 Å². The van der Waals surface area contributed by atoms with Gasteiger partial charge in [0.1, 0.15) is 29.3 Å². The molecule has 7 nitrogen and oxygen atoms in total. The molecule has 1 saturated heterocycles. The van der Waals surface area contributed by atoms with Gasteiger partial charge < -0.3 is 19.9 Å². The summed E-state index contributed by atoms with van der Waals surface area (Å²) in [6, 6.07) is 17.6. The summed E-state index contributed by atoms with van der Waals surface area (Å²) < 4.78 is 8.07. The maximum absolute atomic E-state index is 12.1. The summed E-state index contributed by atoms with van der Waals surface area (Å²) in [5.74, 6) is 2.33. The van der Waals surface area contributed by atoms with Gasteiger partial charge in [0, 0.05) is 31.4 Å². The number of likely N-dealkylation sites (tertiary alicyclic amines) is 1. The molecule has 2 aromatic heterocycles. The standard InChI is InChI=1S/C27H27N5O2/c1-2-24(33)31-14-6-7-19(15-31)16-32-17-23(25-26(28)29-18-30-27(25)32)20-10-12-22(13-11-20)34-21-8-4-3-5-9-21/h2-5,8-13,17-19H,1,6-7,14-16H2,(H2,28,29,30)/t19-/m1/s1. The van der Waals surface area contributed by atoms with Gasteiger partial charge in [-0.15, -0.1) is 0 Å². The molecule has 1 amide bonds. The van der Waals surface area contributed by atoms with Crippen LogP contribution in [0.25, 0.3) is 22.2 Å². The zero-order chi connectivity index (χ0) is 23.5. The van der Waals surface area contributed by atoms with Crippen molar-refractivity contribution >= 4 is 22.8 Å². The summed E-state index contributed by atoms with van der Waals surface area (Å²) in [5.41, 5.74) is 9.10. The number of aromatic nitrogens is 3. The molecule has 1 aliphatic heterocycles. The first-order chi connectivity index (χ1) is 16.6. The molecule has 4 aromatic rings. The quantitative estimate of drug-likeness (QED) is 0.420.